The Hall–Kier alpha value is -2.83. The molecule has 3 amide bonds. The molecule has 0 radical (unpaired) electrons. The van der Waals surface area contributed by atoms with Crippen LogP contribution in [0, 0.1) is 5.92 Å². The van der Waals surface area contributed by atoms with Gasteiger partial charge in [0.2, 0.25) is 17.7 Å². The number of ether oxygens (including phenoxy) is 1. The van der Waals surface area contributed by atoms with Crippen molar-refractivity contribution in [3.8, 4) is 5.75 Å². The van der Waals surface area contributed by atoms with Crippen LogP contribution in [-0.2, 0) is 14.4 Å². The molecule has 7 heteroatoms. The van der Waals surface area contributed by atoms with Crippen molar-refractivity contribution in [3.63, 3.8) is 0 Å². The van der Waals surface area contributed by atoms with Gasteiger partial charge in [0.15, 0.2) is 0 Å². The topological polar surface area (TPSA) is 70.2 Å². The number of allylic oxidation sites excluding steroid dienone is 1. The molecule has 1 aromatic carbocycles. The Balaban J connectivity index is 1.57. The van der Waals surface area contributed by atoms with Crippen molar-refractivity contribution in [2.45, 2.75) is 20.3 Å². The summed E-state index contributed by atoms with van der Waals surface area (Å²) in [6, 6.07) is 7.27. The molecule has 0 spiro atoms. The molecule has 28 heavy (non-hydrogen) atoms. The first-order valence-corrected chi connectivity index (χ1v) is 9.56. The SMILES string of the molecule is COc1ccc(N2C[C@@H](C(=O)N3CCN(C(=O)C=C(C)C)CC3)CC2=O)cc1. The number of carbonyl (C=O) groups is 3. The van der Waals surface area contributed by atoms with Gasteiger partial charge in [-0.15, -0.1) is 0 Å². The van der Waals surface area contributed by atoms with Crippen LogP contribution in [0.25, 0.3) is 0 Å². The molecule has 0 N–H and O–H groups in total. The molecule has 2 aliphatic heterocycles. The van der Waals surface area contributed by atoms with Crippen LogP contribution in [0.5, 0.6) is 5.75 Å². The highest BCUT2D eigenvalue weighted by Gasteiger charge is 2.38. The summed E-state index contributed by atoms with van der Waals surface area (Å²) in [6.07, 6.45) is 1.85. The number of hydrogen-bond acceptors (Lipinski definition) is 4. The van der Waals surface area contributed by atoms with Crippen molar-refractivity contribution >= 4 is 23.4 Å². The van der Waals surface area contributed by atoms with Crippen molar-refractivity contribution in [1.82, 2.24) is 9.80 Å². The predicted octanol–water partition coefficient (Wildman–Crippen LogP) is 1.69. The summed E-state index contributed by atoms with van der Waals surface area (Å²) in [5.41, 5.74) is 1.74. The summed E-state index contributed by atoms with van der Waals surface area (Å²) in [7, 11) is 1.59. The van der Waals surface area contributed by atoms with Gasteiger partial charge in [-0.2, -0.15) is 0 Å². The third-order valence-electron chi connectivity index (χ3n) is 5.17. The quantitative estimate of drug-likeness (QED) is 0.740. The van der Waals surface area contributed by atoms with E-state index in [9.17, 15) is 14.4 Å². The molecule has 7 nitrogen and oxygen atoms in total. The summed E-state index contributed by atoms with van der Waals surface area (Å²) >= 11 is 0. The van der Waals surface area contributed by atoms with E-state index in [1.54, 1.807) is 40.0 Å². The van der Waals surface area contributed by atoms with E-state index in [0.717, 1.165) is 17.0 Å². The van der Waals surface area contributed by atoms with Gasteiger partial charge < -0.3 is 19.4 Å². The molecule has 0 unspecified atom stereocenters. The summed E-state index contributed by atoms with van der Waals surface area (Å²) in [4.78, 5) is 42.6. The smallest absolute Gasteiger partial charge is 0.246 e. The average Bonchev–Trinajstić information content (AvgIpc) is 3.08. The van der Waals surface area contributed by atoms with E-state index < -0.39 is 0 Å². The third kappa shape index (κ3) is 4.35. The van der Waals surface area contributed by atoms with Crippen molar-refractivity contribution in [3.05, 3.63) is 35.9 Å². The van der Waals surface area contributed by atoms with Crippen LogP contribution in [0.4, 0.5) is 5.69 Å². The molecule has 2 saturated heterocycles. The summed E-state index contributed by atoms with van der Waals surface area (Å²) in [5.74, 6) is 0.339. The third-order valence-corrected chi connectivity index (χ3v) is 5.17. The zero-order valence-electron chi connectivity index (χ0n) is 16.7. The van der Waals surface area contributed by atoms with Gasteiger partial charge in [0.25, 0.3) is 0 Å². The summed E-state index contributed by atoms with van der Waals surface area (Å²) in [6.45, 7) is 6.24. The van der Waals surface area contributed by atoms with Gasteiger partial charge in [0, 0.05) is 50.9 Å². The number of rotatable bonds is 4. The Morgan fingerprint density at radius 1 is 1.04 bits per heavy atom. The molecule has 0 saturated carbocycles. The normalized spacial score (nSPS) is 19.6. The number of carbonyl (C=O) groups excluding carboxylic acids is 3. The maximum absolute atomic E-state index is 12.9. The monoisotopic (exact) mass is 385 g/mol. The largest absolute Gasteiger partial charge is 0.497 e. The minimum Gasteiger partial charge on any atom is -0.497 e. The van der Waals surface area contributed by atoms with Crippen molar-refractivity contribution in [2.75, 3.05) is 44.7 Å². The maximum Gasteiger partial charge on any atom is 0.246 e. The second-order valence-electron chi connectivity index (χ2n) is 7.48. The number of benzene rings is 1. The number of methoxy groups -OCH3 is 1. The lowest BCUT2D eigenvalue weighted by Crippen LogP contribution is -2.52. The predicted molar refractivity (Wildman–Crippen MR) is 106 cm³/mol. The molecule has 1 atom stereocenters. The Morgan fingerprint density at radius 2 is 1.64 bits per heavy atom. The average molecular weight is 385 g/mol. The Bertz CT molecular complexity index is 775. The van der Waals surface area contributed by atoms with Crippen LogP contribution in [0.2, 0.25) is 0 Å². The zero-order chi connectivity index (χ0) is 20.3. The Morgan fingerprint density at radius 3 is 2.21 bits per heavy atom. The highest BCUT2D eigenvalue weighted by molar-refractivity contribution is 6.00. The fraction of sp³-hybridized carbons (Fsp3) is 0.476. The van der Waals surface area contributed by atoms with Crippen LogP contribution in [-0.4, -0.2) is 67.4 Å². The van der Waals surface area contributed by atoms with Gasteiger partial charge in [-0.25, -0.2) is 0 Å². The molecule has 3 rings (SSSR count). The van der Waals surface area contributed by atoms with E-state index in [1.807, 2.05) is 26.0 Å². The molecular formula is C21H27N3O4. The van der Waals surface area contributed by atoms with E-state index in [2.05, 4.69) is 0 Å². The fourth-order valence-electron chi connectivity index (χ4n) is 3.63. The Kier molecular flexibility index (Phi) is 6.02. The first-order chi connectivity index (χ1) is 13.4. The van der Waals surface area contributed by atoms with Crippen LogP contribution in [0.3, 0.4) is 0 Å². The highest BCUT2D eigenvalue weighted by Crippen LogP contribution is 2.28. The van der Waals surface area contributed by atoms with Gasteiger partial charge in [0.05, 0.1) is 13.0 Å². The molecule has 150 valence electrons. The zero-order valence-corrected chi connectivity index (χ0v) is 16.7. The molecule has 1 aromatic rings. The molecule has 2 aliphatic rings. The van der Waals surface area contributed by atoms with Crippen LogP contribution < -0.4 is 9.64 Å². The van der Waals surface area contributed by atoms with Crippen LogP contribution in [0.15, 0.2) is 35.9 Å². The van der Waals surface area contributed by atoms with E-state index in [0.29, 0.717) is 32.7 Å². The first-order valence-electron chi connectivity index (χ1n) is 9.56. The lowest BCUT2D eigenvalue weighted by molar-refractivity contribution is -0.140. The molecule has 2 heterocycles. The van der Waals surface area contributed by atoms with E-state index in [4.69, 9.17) is 4.74 Å². The van der Waals surface area contributed by atoms with E-state index in [1.165, 1.54) is 0 Å². The highest BCUT2D eigenvalue weighted by atomic mass is 16.5. The van der Waals surface area contributed by atoms with Gasteiger partial charge >= 0.3 is 0 Å². The van der Waals surface area contributed by atoms with Gasteiger partial charge in [-0.1, -0.05) is 5.57 Å². The maximum atomic E-state index is 12.9. The van der Waals surface area contributed by atoms with Crippen molar-refractivity contribution < 1.29 is 19.1 Å². The molecule has 0 aromatic heterocycles. The second kappa shape index (κ2) is 8.46. The van der Waals surface area contributed by atoms with E-state index >= 15 is 0 Å². The number of hydrogen-bond donors (Lipinski definition) is 0. The van der Waals surface area contributed by atoms with Gasteiger partial charge in [-0.3, -0.25) is 14.4 Å². The van der Waals surface area contributed by atoms with E-state index in [-0.39, 0.29) is 30.1 Å². The standard InChI is InChI=1S/C21H27N3O4/c1-15(2)12-19(25)22-8-10-23(11-9-22)21(27)16-13-20(26)24(14-16)17-4-6-18(28-3)7-5-17/h4-7,12,16H,8-11,13-14H2,1-3H3/t16-/m0/s1. The Labute approximate surface area is 165 Å². The molecule has 2 fully saturated rings. The molecule has 0 aliphatic carbocycles. The summed E-state index contributed by atoms with van der Waals surface area (Å²) < 4.78 is 5.15. The second-order valence-corrected chi connectivity index (χ2v) is 7.48. The minimum absolute atomic E-state index is 0.00123. The summed E-state index contributed by atoms with van der Waals surface area (Å²) in [5, 5.41) is 0. The lowest BCUT2D eigenvalue weighted by Gasteiger charge is -2.35. The van der Waals surface area contributed by atoms with Gasteiger partial charge in [-0.05, 0) is 38.1 Å². The number of piperazine rings is 1. The molecular weight excluding hydrogens is 358 g/mol. The lowest BCUT2D eigenvalue weighted by atomic mass is 10.1. The number of amides is 3. The fourth-order valence-corrected chi connectivity index (χ4v) is 3.63. The number of anilines is 1. The van der Waals surface area contributed by atoms with Crippen molar-refractivity contribution in [2.24, 2.45) is 5.92 Å². The van der Waals surface area contributed by atoms with Crippen molar-refractivity contribution in [1.29, 1.82) is 0 Å². The molecule has 0 bridgehead atoms. The first kappa shape index (κ1) is 19.9. The van der Waals surface area contributed by atoms with Crippen LogP contribution in [0.1, 0.15) is 20.3 Å². The minimum atomic E-state index is -0.338. The van der Waals surface area contributed by atoms with Crippen LogP contribution >= 0.6 is 0 Å². The number of nitrogens with zero attached hydrogens (tertiary/aromatic N) is 3. The van der Waals surface area contributed by atoms with Gasteiger partial charge in [0.1, 0.15) is 5.75 Å².